The van der Waals surface area contributed by atoms with E-state index in [0.717, 1.165) is 11.1 Å². The summed E-state index contributed by atoms with van der Waals surface area (Å²) in [5.74, 6) is 0.0318. The van der Waals surface area contributed by atoms with Gasteiger partial charge in [-0.3, -0.25) is 4.79 Å². The van der Waals surface area contributed by atoms with Crippen LogP contribution in [0.3, 0.4) is 0 Å². The number of amides is 1. The number of anilines is 1. The molecule has 0 bridgehead atoms. The van der Waals surface area contributed by atoms with Gasteiger partial charge in [-0.15, -0.1) is 0 Å². The molecule has 4 rings (SSSR count). The minimum atomic E-state index is -0.384. The molecule has 7 heteroatoms. The third-order valence-electron chi connectivity index (χ3n) is 4.94. The summed E-state index contributed by atoms with van der Waals surface area (Å²) in [4.78, 5) is 12.9. The molecule has 3 aromatic carbocycles. The Morgan fingerprint density at radius 2 is 1.59 bits per heavy atom. The summed E-state index contributed by atoms with van der Waals surface area (Å²) in [5.41, 5.74) is 3.02. The van der Waals surface area contributed by atoms with E-state index in [9.17, 15) is 13.6 Å². The largest absolute Gasteiger partial charge is 0.493 e. The Kier molecular flexibility index (Phi) is 5.98. The summed E-state index contributed by atoms with van der Waals surface area (Å²) in [6.45, 7) is 2.00. The summed E-state index contributed by atoms with van der Waals surface area (Å²) >= 11 is 0. The van der Waals surface area contributed by atoms with Crippen LogP contribution in [0, 0.1) is 11.6 Å². The van der Waals surface area contributed by atoms with Gasteiger partial charge in [0.25, 0.3) is 5.91 Å². The van der Waals surface area contributed by atoms with E-state index < -0.39 is 0 Å². The molecule has 3 aromatic rings. The highest BCUT2D eigenvalue weighted by molar-refractivity contribution is 6.32. The highest BCUT2D eigenvalue weighted by Crippen LogP contribution is 2.31. The maximum absolute atomic E-state index is 13.2. The smallest absolute Gasteiger partial charge is 0.280 e. The molecule has 0 radical (unpaired) electrons. The zero-order valence-corrected chi connectivity index (χ0v) is 17.5. The van der Waals surface area contributed by atoms with Crippen molar-refractivity contribution in [3.05, 3.63) is 95.1 Å². The van der Waals surface area contributed by atoms with Gasteiger partial charge in [0.1, 0.15) is 18.2 Å². The molecule has 0 N–H and O–H groups in total. The predicted molar refractivity (Wildman–Crippen MR) is 119 cm³/mol. The summed E-state index contributed by atoms with van der Waals surface area (Å²) in [6, 6.07) is 16.9. The van der Waals surface area contributed by atoms with Crippen LogP contribution in [-0.2, 0) is 11.4 Å². The molecule has 0 saturated heterocycles. The average Bonchev–Trinajstić information content (AvgIpc) is 3.08. The minimum absolute atomic E-state index is 0.258. The molecule has 0 aliphatic carbocycles. The van der Waals surface area contributed by atoms with Gasteiger partial charge < -0.3 is 9.47 Å². The van der Waals surface area contributed by atoms with Gasteiger partial charge in [-0.25, -0.2) is 8.78 Å². The van der Waals surface area contributed by atoms with Gasteiger partial charge in [0.2, 0.25) is 0 Å². The quantitative estimate of drug-likeness (QED) is 0.491. The molecule has 1 aliphatic heterocycles. The first-order chi connectivity index (χ1) is 15.4. The topological polar surface area (TPSA) is 51.1 Å². The minimum Gasteiger partial charge on any atom is -0.493 e. The lowest BCUT2D eigenvalue weighted by molar-refractivity contribution is -0.114. The van der Waals surface area contributed by atoms with Crippen LogP contribution in [0.2, 0.25) is 0 Å². The van der Waals surface area contributed by atoms with Crippen LogP contribution in [0.1, 0.15) is 18.1 Å². The van der Waals surface area contributed by atoms with Gasteiger partial charge in [0, 0.05) is 0 Å². The van der Waals surface area contributed by atoms with Crippen LogP contribution in [0.4, 0.5) is 14.5 Å². The summed E-state index contributed by atoms with van der Waals surface area (Å²) in [5, 5.41) is 5.55. The van der Waals surface area contributed by atoms with Crippen molar-refractivity contribution < 1.29 is 23.0 Å². The van der Waals surface area contributed by atoms with E-state index in [1.165, 1.54) is 48.5 Å². The number of hydrazone groups is 1. The molecule has 162 valence electrons. The second-order valence-electron chi connectivity index (χ2n) is 7.16. The molecule has 0 atom stereocenters. The normalized spacial score (nSPS) is 14.6. The lowest BCUT2D eigenvalue weighted by atomic mass is 10.1. The molecule has 1 aliphatic rings. The fourth-order valence-electron chi connectivity index (χ4n) is 3.24. The highest BCUT2D eigenvalue weighted by Gasteiger charge is 2.28. The van der Waals surface area contributed by atoms with Gasteiger partial charge >= 0.3 is 0 Å². The molecule has 0 unspecified atom stereocenters. The van der Waals surface area contributed by atoms with Gasteiger partial charge in [-0.1, -0.05) is 18.2 Å². The Bertz CT molecular complexity index is 1200. The number of rotatable bonds is 6. The average molecular weight is 434 g/mol. The molecule has 0 spiro atoms. The van der Waals surface area contributed by atoms with Crippen molar-refractivity contribution in [1.29, 1.82) is 0 Å². The predicted octanol–water partition coefficient (Wildman–Crippen LogP) is 5.36. The van der Waals surface area contributed by atoms with Crippen LogP contribution < -0.4 is 14.5 Å². The first kappa shape index (κ1) is 21.2. The third-order valence-corrected chi connectivity index (χ3v) is 4.94. The van der Waals surface area contributed by atoms with Crippen molar-refractivity contribution in [2.45, 2.75) is 13.5 Å². The van der Waals surface area contributed by atoms with Crippen LogP contribution >= 0.6 is 0 Å². The second kappa shape index (κ2) is 9.01. The van der Waals surface area contributed by atoms with Crippen LogP contribution in [-0.4, -0.2) is 18.7 Å². The van der Waals surface area contributed by atoms with E-state index in [2.05, 4.69) is 5.10 Å². The maximum Gasteiger partial charge on any atom is 0.280 e. The van der Waals surface area contributed by atoms with E-state index >= 15 is 0 Å². The van der Waals surface area contributed by atoms with E-state index in [0.29, 0.717) is 28.5 Å². The number of halogens is 2. The number of nitrogens with zero attached hydrogens (tertiary/aromatic N) is 2. The summed E-state index contributed by atoms with van der Waals surface area (Å²) in [7, 11) is 1.53. The van der Waals surface area contributed by atoms with Crippen molar-refractivity contribution >= 4 is 23.4 Å². The van der Waals surface area contributed by atoms with Gasteiger partial charge in [0.15, 0.2) is 11.5 Å². The number of carbonyl (C=O) groups is 1. The van der Waals surface area contributed by atoms with Crippen LogP contribution in [0.15, 0.2) is 77.4 Å². The molecular weight excluding hydrogens is 414 g/mol. The van der Waals surface area contributed by atoms with Crippen molar-refractivity contribution in [3.8, 4) is 11.5 Å². The Balaban J connectivity index is 1.53. The Hall–Kier alpha value is -4.00. The summed E-state index contributed by atoms with van der Waals surface area (Å²) < 4.78 is 37.5. The first-order valence-corrected chi connectivity index (χ1v) is 9.87. The lowest BCUT2D eigenvalue weighted by Crippen LogP contribution is -2.21. The van der Waals surface area contributed by atoms with E-state index in [1.54, 1.807) is 43.3 Å². The molecule has 1 heterocycles. The van der Waals surface area contributed by atoms with Gasteiger partial charge in [0.05, 0.1) is 24.1 Å². The van der Waals surface area contributed by atoms with Crippen molar-refractivity contribution in [1.82, 2.24) is 0 Å². The molecule has 1 amide bonds. The van der Waals surface area contributed by atoms with Crippen LogP contribution in [0.5, 0.6) is 11.5 Å². The zero-order chi connectivity index (χ0) is 22.7. The highest BCUT2D eigenvalue weighted by atomic mass is 19.1. The van der Waals surface area contributed by atoms with Crippen molar-refractivity contribution in [2.75, 3.05) is 12.1 Å². The van der Waals surface area contributed by atoms with E-state index in [-0.39, 0.29) is 24.1 Å². The molecular formula is C25H20F2N2O3. The zero-order valence-electron chi connectivity index (χ0n) is 17.5. The molecule has 5 nitrogen and oxygen atoms in total. The fraction of sp³-hybridized carbons (Fsp3) is 0.120. The molecule has 0 saturated carbocycles. The second-order valence-corrected chi connectivity index (χ2v) is 7.16. The molecule has 32 heavy (non-hydrogen) atoms. The first-order valence-electron chi connectivity index (χ1n) is 9.87. The molecule has 0 aromatic heterocycles. The van der Waals surface area contributed by atoms with Crippen LogP contribution in [0.25, 0.3) is 6.08 Å². The monoisotopic (exact) mass is 434 g/mol. The third kappa shape index (κ3) is 4.51. The fourth-order valence-corrected chi connectivity index (χ4v) is 3.24. The number of hydrogen-bond acceptors (Lipinski definition) is 4. The Morgan fingerprint density at radius 3 is 2.25 bits per heavy atom. The van der Waals surface area contributed by atoms with Gasteiger partial charge in [-0.2, -0.15) is 10.1 Å². The van der Waals surface area contributed by atoms with E-state index in [1.807, 2.05) is 0 Å². The SMILES string of the molecule is COc1cc(C=C2C(=O)N(c3ccc(F)cc3)N=C2C)ccc1OCc1ccc(F)cc1. The van der Waals surface area contributed by atoms with E-state index in [4.69, 9.17) is 9.47 Å². The number of ether oxygens (including phenoxy) is 2. The number of benzene rings is 3. The van der Waals surface area contributed by atoms with Gasteiger partial charge in [-0.05, 0) is 72.7 Å². The maximum atomic E-state index is 13.2. The molecule has 0 fully saturated rings. The Morgan fingerprint density at radius 1 is 0.938 bits per heavy atom. The van der Waals surface area contributed by atoms with Crippen molar-refractivity contribution in [2.24, 2.45) is 5.10 Å². The number of carbonyl (C=O) groups excluding carboxylic acids is 1. The Labute approximate surface area is 184 Å². The lowest BCUT2D eigenvalue weighted by Gasteiger charge is -2.12. The number of methoxy groups -OCH3 is 1. The standard InChI is InChI=1S/C25H20F2N2O3/c1-16-22(25(30)29(28-16)21-10-8-20(27)9-11-21)13-18-5-12-23(24(14-18)31-2)32-15-17-3-6-19(26)7-4-17/h3-14H,15H2,1-2H3. The summed E-state index contributed by atoms with van der Waals surface area (Å²) in [6.07, 6.45) is 1.72. The number of hydrogen-bond donors (Lipinski definition) is 0. The van der Waals surface area contributed by atoms with Crippen molar-refractivity contribution in [3.63, 3.8) is 0 Å².